The fraction of sp³-hybridized carbons (Fsp3) is 0.138. The molecule has 0 radical (unpaired) electrons. The van der Waals surface area contributed by atoms with Crippen LogP contribution in [0.25, 0.3) is 0 Å². The van der Waals surface area contributed by atoms with E-state index in [2.05, 4.69) is 114 Å². The molecule has 33 heavy (non-hydrogen) atoms. The SMILES string of the molecule is c1ccc([C@H]2COC([C@@H]3Cc4ccccc4N3P(c3ccccc3)c3ccccc3)=N2)cc1. The second kappa shape index (κ2) is 8.84. The fourth-order valence-corrected chi connectivity index (χ4v) is 7.34. The first-order chi connectivity index (χ1) is 16.4. The molecular weight excluding hydrogens is 423 g/mol. The average Bonchev–Trinajstić information content (AvgIpc) is 3.52. The predicted octanol–water partition coefficient (Wildman–Crippen LogP) is 5.64. The number of hydrogen-bond donors (Lipinski definition) is 0. The minimum Gasteiger partial charge on any atom is -0.477 e. The summed E-state index contributed by atoms with van der Waals surface area (Å²) in [5.74, 6) is 0.861. The lowest BCUT2D eigenvalue weighted by atomic mass is 10.1. The molecule has 0 fully saturated rings. The van der Waals surface area contributed by atoms with Gasteiger partial charge in [-0.3, -0.25) is 0 Å². The molecule has 0 aliphatic carbocycles. The standard InChI is InChI=1S/C29H25N2OP/c1-4-12-22(13-5-1)26-21-32-29(30-26)28-20-23-14-10-11-19-27(23)31(28)33(24-15-6-2-7-16-24)25-17-8-3-9-18-25/h1-19,26,28H,20-21H2/t26-,28+/m1/s1. The zero-order valence-electron chi connectivity index (χ0n) is 18.3. The van der Waals surface area contributed by atoms with Crippen LogP contribution in [0.15, 0.2) is 120 Å². The lowest BCUT2D eigenvalue weighted by Crippen LogP contribution is -2.40. The van der Waals surface area contributed by atoms with Crippen molar-refractivity contribution in [3.05, 3.63) is 126 Å². The van der Waals surface area contributed by atoms with Gasteiger partial charge in [0.25, 0.3) is 0 Å². The van der Waals surface area contributed by atoms with Crippen molar-refractivity contribution in [2.45, 2.75) is 18.5 Å². The number of ether oxygens (including phenoxy) is 1. The Morgan fingerprint density at radius 1 is 0.697 bits per heavy atom. The Morgan fingerprint density at radius 3 is 1.94 bits per heavy atom. The van der Waals surface area contributed by atoms with E-state index in [4.69, 9.17) is 9.73 Å². The van der Waals surface area contributed by atoms with E-state index in [9.17, 15) is 0 Å². The van der Waals surface area contributed by atoms with Gasteiger partial charge < -0.3 is 9.41 Å². The fourth-order valence-electron chi connectivity index (χ4n) is 4.77. The van der Waals surface area contributed by atoms with Crippen LogP contribution in [0, 0.1) is 0 Å². The normalized spacial score (nSPS) is 19.3. The van der Waals surface area contributed by atoms with Crippen LogP contribution >= 0.6 is 8.07 Å². The third kappa shape index (κ3) is 3.83. The molecule has 2 aliphatic heterocycles. The molecule has 2 heterocycles. The van der Waals surface area contributed by atoms with Crippen LogP contribution in [0.5, 0.6) is 0 Å². The van der Waals surface area contributed by atoms with Crippen molar-refractivity contribution < 1.29 is 4.74 Å². The molecular formula is C29H25N2OP. The van der Waals surface area contributed by atoms with Crippen LogP contribution in [0.2, 0.25) is 0 Å². The number of benzene rings is 4. The molecule has 2 aliphatic rings. The van der Waals surface area contributed by atoms with Gasteiger partial charge >= 0.3 is 0 Å². The molecule has 3 nitrogen and oxygen atoms in total. The lowest BCUT2D eigenvalue weighted by Gasteiger charge is -2.35. The summed E-state index contributed by atoms with van der Waals surface area (Å²) < 4.78 is 8.89. The van der Waals surface area contributed by atoms with E-state index in [1.807, 2.05) is 6.07 Å². The molecule has 0 spiro atoms. The van der Waals surface area contributed by atoms with E-state index in [1.54, 1.807) is 0 Å². The third-order valence-corrected chi connectivity index (χ3v) is 8.81. The highest BCUT2D eigenvalue weighted by molar-refractivity contribution is 7.74. The molecule has 162 valence electrons. The molecule has 0 aromatic heterocycles. The van der Waals surface area contributed by atoms with Crippen molar-refractivity contribution in [2.75, 3.05) is 11.3 Å². The van der Waals surface area contributed by atoms with Gasteiger partial charge in [0.2, 0.25) is 5.90 Å². The molecule has 0 N–H and O–H groups in total. The largest absolute Gasteiger partial charge is 0.477 e. The quantitative estimate of drug-likeness (QED) is 0.370. The summed E-state index contributed by atoms with van der Waals surface area (Å²) in [6.07, 6.45) is 0.912. The number of para-hydroxylation sites is 1. The molecule has 6 rings (SSSR count). The van der Waals surface area contributed by atoms with E-state index >= 15 is 0 Å². The van der Waals surface area contributed by atoms with Crippen molar-refractivity contribution in [1.29, 1.82) is 0 Å². The maximum absolute atomic E-state index is 6.31. The zero-order valence-corrected chi connectivity index (χ0v) is 19.2. The van der Waals surface area contributed by atoms with Crippen molar-refractivity contribution in [1.82, 2.24) is 0 Å². The van der Waals surface area contributed by atoms with Crippen molar-refractivity contribution in [2.24, 2.45) is 4.99 Å². The highest BCUT2D eigenvalue weighted by Crippen LogP contribution is 2.50. The number of nitrogens with zero attached hydrogens (tertiary/aromatic N) is 2. The van der Waals surface area contributed by atoms with Crippen LogP contribution < -0.4 is 15.3 Å². The highest BCUT2D eigenvalue weighted by Gasteiger charge is 2.41. The van der Waals surface area contributed by atoms with Gasteiger partial charge in [-0.1, -0.05) is 109 Å². The molecule has 2 atom stereocenters. The van der Waals surface area contributed by atoms with Crippen molar-refractivity contribution in [3.8, 4) is 0 Å². The van der Waals surface area contributed by atoms with Crippen molar-refractivity contribution in [3.63, 3.8) is 0 Å². The van der Waals surface area contributed by atoms with Gasteiger partial charge in [-0.05, 0) is 17.2 Å². The molecule has 0 bridgehead atoms. The first kappa shape index (κ1) is 20.2. The minimum atomic E-state index is -0.790. The number of fused-ring (bicyclic) bond motifs is 1. The molecule has 0 saturated carbocycles. The van der Waals surface area contributed by atoms with E-state index < -0.39 is 8.07 Å². The Morgan fingerprint density at radius 2 is 1.27 bits per heavy atom. The van der Waals surface area contributed by atoms with E-state index in [0.717, 1.165) is 12.3 Å². The summed E-state index contributed by atoms with van der Waals surface area (Å²) in [4.78, 5) is 5.11. The summed E-state index contributed by atoms with van der Waals surface area (Å²) in [6.45, 7) is 0.606. The minimum absolute atomic E-state index is 0.0615. The second-order valence-electron chi connectivity index (χ2n) is 8.38. The van der Waals surface area contributed by atoms with E-state index in [1.165, 1.54) is 27.4 Å². The third-order valence-electron chi connectivity index (χ3n) is 6.31. The van der Waals surface area contributed by atoms with Gasteiger partial charge in [-0.15, -0.1) is 0 Å². The smallest absolute Gasteiger partial charge is 0.208 e. The molecule has 4 aromatic rings. The monoisotopic (exact) mass is 448 g/mol. The Hall–Kier alpha value is -3.42. The number of anilines is 1. The summed E-state index contributed by atoms with van der Waals surface area (Å²) >= 11 is 0. The molecule has 0 amide bonds. The first-order valence-electron chi connectivity index (χ1n) is 11.4. The van der Waals surface area contributed by atoms with Crippen LogP contribution in [0.4, 0.5) is 5.69 Å². The van der Waals surface area contributed by atoms with Crippen LogP contribution in [-0.4, -0.2) is 18.5 Å². The first-order valence-corrected chi connectivity index (χ1v) is 12.7. The summed E-state index contributed by atoms with van der Waals surface area (Å²) in [7, 11) is -0.790. The molecule has 4 aromatic carbocycles. The van der Waals surface area contributed by atoms with Gasteiger partial charge in [0.05, 0.1) is 8.07 Å². The van der Waals surface area contributed by atoms with E-state index in [0.29, 0.717) is 6.61 Å². The molecule has 4 heteroatoms. The maximum Gasteiger partial charge on any atom is 0.208 e. The second-order valence-corrected chi connectivity index (χ2v) is 10.5. The summed E-state index contributed by atoms with van der Waals surface area (Å²) in [5, 5.41) is 2.66. The molecule has 0 unspecified atom stereocenters. The Balaban J connectivity index is 1.46. The van der Waals surface area contributed by atoms with Gasteiger partial charge in [0, 0.05) is 22.7 Å². The Bertz CT molecular complexity index is 1220. The summed E-state index contributed by atoms with van der Waals surface area (Å²) in [5.41, 5.74) is 3.86. The van der Waals surface area contributed by atoms with Gasteiger partial charge in [-0.2, -0.15) is 0 Å². The van der Waals surface area contributed by atoms with E-state index in [-0.39, 0.29) is 12.1 Å². The van der Waals surface area contributed by atoms with Crippen LogP contribution in [-0.2, 0) is 11.2 Å². The number of aliphatic imine (C=N–C) groups is 1. The average molecular weight is 449 g/mol. The highest BCUT2D eigenvalue weighted by atomic mass is 31.1. The lowest BCUT2D eigenvalue weighted by molar-refractivity contribution is 0.308. The predicted molar refractivity (Wildman–Crippen MR) is 138 cm³/mol. The van der Waals surface area contributed by atoms with Gasteiger partial charge in [0.15, 0.2) is 0 Å². The number of rotatable bonds is 5. The van der Waals surface area contributed by atoms with Crippen molar-refractivity contribution >= 4 is 30.3 Å². The zero-order chi connectivity index (χ0) is 22.0. The van der Waals surface area contributed by atoms with Gasteiger partial charge in [0.1, 0.15) is 18.7 Å². The maximum atomic E-state index is 6.31. The molecule has 0 saturated heterocycles. The topological polar surface area (TPSA) is 24.8 Å². The Kier molecular flexibility index (Phi) is 5.41. The van der Waals surface area contributed by atoms with Crippen LogP contribution in [0.3, 0.4) is 0 Å². The Labute approximate surface area is 196 Å². The number of hydrogen-bond acceptors (Lipinski definition) is 3. The van der Waals surface area contributed by atoms with Crippen LogP contribution in [0.1, 0.15) is 17.2 Å². The van der Waals surface area contributed by atoms with Gasteiger partial charge in [-0.25, -0.2) is 4.99 Å². The summed E-state index contributed by atoms with van der Waals surface area (Å²) in [6, 6.07) is 41.1.